The normalized spacial score (nSPS) is 15.5. The number of hydrogen-bond donors (Lipinski definition) is 3. The maximum Gasteiger partial charge on any atom is 0.308 e. The summed E-state index contributed by atoms with van der Waals surface area (Å²) in [6, 6.07) is 6.91. The van der Waals surface area contributed by atoms with Gasteiger partial charge in [0.2, 0.25) is 5.95 Å². The van der Waals surface area contributed by atoms with Gasteiger partial charge in [-0.3, -0.25) is 9.59 Å². The monoisotopic (exact) mass is 567 g/mol. The maximum absolute atomic E-state index is 13.2. The van der Waals surface area contributed by atoms with E-state index < -0.39 is 17.8 Å². The summed E-state index contributed by atoms with van der Waals surface area (Å²) in [5, 5.41) is 16.5. The molecule has 1 aromatic carbocycles. The number of aliphatic carboxylic acids is 1. The van der Waals surface area contributed by atoms with Gasteiger partial charge in [-0.2, -0.15) is 4.98 Å². The molecule has 1 saturated heterocycles. The number of carbonyl (C=O) groups is 2. The standard InChI is InChI=1S/C28H34ClN7O4/c1-3-4-7-19(27(38)39)22-8-5-13-36(22)28-34-16-20(26(37)33-17-24-30-11-6-12-31-24)25(35-28)32-15-18-9-10-23(40-2)21(29)14-18/h6,9-12,14,16,19,22H,3-5,7-8,13,15,17H2,1-2H3,(H,33,37)(H,38,39)(H,32,34,35). The minimum atomic E-state index is -0.806. The number of unbranched alkanes of at least 4 members (excludes halogenated alkanes) is 1. The van der Waals surface area contributed by atoms with Gasteiger partial charge in [-0.1, -0.05) is 37.4 Å². The molecule has 2 unspecified atom stereocenters. The van der Waals surface area contributed by atoms with Gasteiger partial charge in [0, 0.05) is 37.7 Å². The van der Waals surface area contributed by atoms with E-state index in [1.165, 1.54) is 6.20 Å². The molecule has 40 heavy (non-hydrogen) atoms. The summed E-state index contributed by atoms with van der Waals surface area (Å²) in [5.41, 5.74) is 1.11. The van der Waals surface area contributed by atoms with E-state index in [9.17, 15) is 14.7 Å². The van der Waals surface area contributed by atoms with Gasteiger partial charge in [0.25, 0.3) is 5.91 Å². The quantitative estimate of drug-likeness (QED) is 0.273. The van der Waals surface area contributed by atoms with Crippen LogP contribution in [0.15, 0.2) is 42.9 Å². The number of carbonyl (C=O) groups excluding carboxylic acids is 1. The van der Waals surface area contributed by atoms with Crippen LogP contribution in [0.3, 0.4) is 0 Å². The average Bonchev–Trinajstić information content (AvgIpc) is 3.45. The van der Waals surface area contributed by atoms with Crippen LogP contribution in [0.4, 0.5) is 11.8 Å². The molecule has 3 aromatic rings. The first-order valence-electron chi connectivity index (χ1n) is 13.4. The largest absolute Gasteiger partial charge is 0.495 e. The fraction of sp³-hybridized carbons (Fsp3) is 0.429. The van der Waals surface area contributed by atoms with Gasteiger partial charge in [0.15, 0.2) is 0 Å². The summed E-state index contributed by atoms with van der Waals surface area (Å²) in [6.45, 7) is 3.17. The second-order valence-corrected chi connectivity index (χ2v) is 10.00. The number of nitrogens with zero attached hydrogens (tertiary/aromatic N) is 5. The Morgan fingerprint density at radius 3 is 2.73 bits per heavy atom. The molecule has 0 saturated carbocycles. The van der Waals surface area contributed by atoms with Gasteiger partial charge in [0.1, 0.15) is 23.0 Å². The number of nitrogens with one attached hydrogen (secondary N) is 2. The van der Waals surface area contributed by atoms with Crippen molar-refractivity contribution in [3.05, 3.63) is 64.8 Å². The Morgan fingerprint density at radius 1 is 1.23 bits per heavy atom. The van der Waals surface area contributed by atoms with Crippen LogP contribution in [0.2, 0.25) is 5.02 Å². The second kappa shape index (κ2) is 13.9. The van der Waals surface area contributed by atoms with Crippen LogP contribution >= 0.6 is 11.6 Å². The lowest BCUT2D eigenvalue weighted by atomic mass is 9.92. The first-order valence-corrected chi connectivity index (χ1v) is 13.8. The third-order valence-corrected chi connectivity index (χ3v) is 7.22. The predicted octanol–water partition coefficient (Wildman–Crippen LogP) is 4.33. The first-order chi connectivity index (χ1) is 19.4. The van der Waals surface area contributed by atoms with Crippen molar-refractivity contribution in [3.63, 3.8) is 0 Å². The zero-order chi connectivity index (χ0) is 28.5. The number of ether oxygens (including phenoxy) is 1. The molecular weight excluding hydrogens is 534 g/mol. The molecule has 3 N–H and O–H groups in total. The first kappa shape index (κ1) is 29.0. The Bertz CT molecular complexity index is 1310. The summed E-state index contributed by atoms with van der Waals surface area (Å²) in [6.07, 6.45) is 8.64. The van der Waals surface area contributed by atoms with Crippen molar-refractivity contribution in [3.8, 4) is 5.75 Å². The van der Waals surface area contributed by atoms with Crippen LogP contribution in [0.1, 0.15) is 60.8 Å². The second-order valence-electron chi connectivity index (χ2n) is 9.59. The smallest absolute Gasteiger partial charge is 0.308 e. The molecule has 0 spiro atoms. The van der Waals surface area contributed by atoms with E-state index in [2.05, 4.69) is 32.5 Å². The highest BCUT2D eigenvalue weighted by molar-refractivity contribution is 6.32. The van der Waals surface area contributed by atoms with E-state index in [4.69, 9.17) is 21.3 Å². The molecule has 4 rings (SSSR count). The van der Waals surface area contributed by atoms with Crippen molar-refractivity contribution in [1.29, 1.82) is 0 Å². The van der Waals surface area contributed by atoms with Gasteiger partial charge in [-0.05, 0) is 43.0 Å². The summed E-state index contributed by atoms with van der Waals surface area (Å²) < 4.78 is 5.24. The molecule has 0 radical (unpaired) electrons. The van der Waals surface area contributed by atoms with E-state index in [0.29, 0.717) is 47.9 Å². The molecule has 1 amide bonds. The molecular formula is C28H34ClN7O4. The number of methoxy groups -OCH3 is 1. The molecule has 1 aliphatic heterocycles. The predicted molar refractivity (Wildman–Crippen MR) is 152 cm³/mol. The van der Waals surface area contributed by atoms with Crippen LogP contribution < -0.4 is 20.3 Å². The van der Waals surface area contributed by atoms with Crippen LogP contribution in [-0.4, -0.2) is 56.6 Å². The van der Waals surface area contributed by atoms with Gasteiger partial charge >= 0.3 is 5.97 Å². The van der Waals surface area contributed by atoms with Crippen molar-refractivity contribution in [1.82, 2.24) is 25.3 Å². The number of halogens is 1. The lowest BCUT2D eigenvalue weighted by Gasteiger charge is -2.30. The van der Waals surface area contributed by atoms with Crippen molar-refractivity contribution >= 4 is 35.2 Å². The number of carboxylic acid groups (broad SMARTS) is 1. The van der Waals surface area contributed by atoms with Crippen LogP contribution in [0.25, 0.3) is 0 Å². The van der Waals surface area contributed by atoms with E-state index in [0.717, 1.165) is 31.2 Å². The van der Waals surface area contributed by atoms with E-state index in [-0.39, 0.29) is 18.2 Å². The Hall–Kier alpha value is -3.99. The number of anilines is 2. The molecule has 212 valence electrons. The fourth-order valence-electron chi connectivity index (χ4n) is 4.86. The molecule has 2 atom stereocenters. The molecule has 11 nitrogen and oxygen atoms in total. The molecule has 12 heteroatoms. The Balaban J connectivity index is 1.60. The van der Waals surface area contributed by atoms with E-state index in [1.54, 1.807) is 37.7 Å². The van der Waals surface area contributed by atoms with E-state index >= 15 is 0 Å². The lowest BCUT2D eigenvalue weighted by molar-refractivity contribution is -0.142. The molecule has 1 aliphatic rings. The van der Waals surface area contributed by atoms with E-state index in [1.807, 2.05) is 11.0 Å². The molecule has 0 aliphatic carbocycles. The summed E-state index contributed by atoms with van der Waals surface area (Å²) >= 11 is 6.30. The zero-order valence-electron chi connectivity index (χ0n) is 22.6. The molecule has 2 aromatic heterocycles. The number of amides is 1. The summed E-state index contributed by atoms with van der Waals surface area (Å²) in [7, 11) is 1.55. The lowest BCUT2D eigenvalue weighted by Crippen LogP contribution is -2.40. The fourth-order valence-corrected chi connectivity index (χ4v) is 5.14. The van der Waals surface area contributed by atoms with Crippen molar-refractivity contribution in [2.75, 3.05) is 23.9 Å². The van der Waals surface area contributed by atoms with Crippen molar-refractivity contribution in [2.24, 2.45) is 5.92 Å². The molecule has 1 fully saturated rings. The van der Waals surface area contributed by atoms with Crippen LogP contribution in [0, 0.1) is 5.92 Å². The van der Waals surface area contributed by atoms with Gasteiger partial charge in [0.05, 0.1) is 24.6 Å². The summed E-state index contributed by atoms with van der Waals surface area (Å²) in [5.74, 6) is 0.0463. The Labute approximate surface area is 238 Å². The number of carboxylic acids is 1. The number of aromatic nitrogens is 4. The Morgan fingerprint density at radius 2 is 2.02 bits per heavy atom. The SMILES string of the molecule is CCCCC(C(=O)O)C1CCCN1c1ncc(C(=O)NCc2ncccn2)c(NCc2ccc(OC)c(Cl)c2)n1. The Kier molecular flexibility index (Phi) is 10.1. The minimum Gasteiger partial charge on any atom is -0.495 e. The van der Waals surface area contributed by atoms with Crippen molar-refractivity contribution < 1.29 is 19.4 Å². The summed E-state index contributed by atoms with van der Waals surface area (Å²) in [4.78, 5) is 44.8. The van der Waals surface area contributed by atoms with Gasteiger partial charge in [-0.25, -0.2) is 15.0 Å². The number of hydrogen-bond acceptors (Lipinski definition) is 9. The average molecular weight is 568 g/mol. The van der Waals surface area contributed by atoms with Crippen LogP contribution in [0.5, 0.6) is 5.75 Å². The minimum absolute atomic E-state index is 0.140. The van der Waals surface area contributed by atoms with Gasteiger partial charge in [-0.15, -0.1) is 0 Å². The van der Waals surface area contributed by atoms with Gasteiger partial charge < -0.3 is 25.4 Å². The molecule has 3 heterocycles. The third-order valence-electron chi connectivity index (χ3n) is 6.93. The topological polar surface area (TPSA) is 142 Å². The van der Waals surface area contributed by atoms with Crippen molar-refractivity contribution in [2.45, 2.75) is 58.2 Å². The third kappa shape index (κ3) is 7.15. The highest BCUT2D eigenvalue weighted by Crippen LogP contribution is 2.32. The number of rotatable bonds is 13. The van der Waals surface area contributed by atoms with Crippen LogP contribution in [-0.2, 0) is 17.9 Å². The highest BCUT2D eigenvalue weighted by Gasteiger charge is 2.37. The zero-order valence-corrected chi connectivity index (χ0v) is 23.4. The molecule has 0 bridgehead atoms. The number of benzene rings is 1. The maximum atomic E-state index is 13.2. The highest BCUT2D eigenvalue weighted by atomic mass is 35.5.